The van der Waals surface area contributed by atoms with Crippen LogP contribution in [0, 0.1) is 0 Å². The molecule has 4 aromatic rings. The molecule has 0 saturated carbocycles. The molecule has 1 aromatic heterocycles. The minimum atomic E-state index is 0.0912. The maximum atomic E-state index is 6.35. The zero-order valence-corrected chi connectivity index (χ0v) is 14.4. The molecule has 0 aliphatic carbocycles. The van der Waals surface area contributed by atoms with Gasteiger partial charge in [0.05, 0.1) is 5.69 Å². The van der Waals surface area contributed by atoms with Crippen molar-refractivity contribution in [2.45, 2.75) is 0 Å². The molecule has 0 amide bonds. The lowest BCUT2D eigenvalue weighted by Gasteiger charge is -2.45. The summed E-state index contributed by atoms with van der Waals surface area (Å²) in [6.07, 6.45) is 1.85. The molecule has 4 heterocycles. The molecule has 0 bridgehead atoms. The fraction of sp³-hybridized carbons (Fsp3) is 0. The number of hydrogen-bond acceptors (Lipinski definition) is 3. The summed E-state index contributed by atoms with van der Waals surface area (Å²) >= 11 is 0. The third kappa shape index (κ3) is 1.53. The number of nitrogens with zero attached hydrogens (tertiary/aromatic N) is 2. The second-order valence-corrected chi connectivity index (χ2v) is 7.20. The number of benzene rings is 3. The summed E-state index contributed by atoms with van der Waals surface area (Å²) < 4.78 is 6.35. The van der Waals surface area contributed by atoms with Gasteiger partial charge in [0.2, 0.25) is 0 Å². The Morgan fingerprint density at radius 2 is 1.37 bits per heavy atom. The Kier molecular flexibility index (Phi) is 2.32. The fourth-order valence-electron chi connectivity index (χ4n) is 4.90. The van der Waals surface area contributed by atoms with Gasteiger partial charge in [0.15, 0.2) is 0 Å². The molecular weight excluding hydrogens is 331 g/mol. The van der Waals surface area contributed by atoms with Gasteiger partial charge >= 0.3 is 6.85 Å². The van der Waals surface area contributed by atoms with Gasteiger partial charge in [-0.05, 0) is 29.8 Å². The molecule has 0 radical (unpaired) electrons. The van der Waals surface area contributed by atoms with Gasteiger partial charge in [-0.15, -0.1) is 0 Å². The molecule has 0 spiro atoms. The molecule has 3 aromatic carbocycles. The van der Waals surface area contributed by atoms with E-state index in [0.29, 0.717) is 0 Å². The summed E-state index contributed by atoms with van der Waals surface area (Å²) in [7, 11) is 0. The Morgan fingerprint density at radius 3 is 2.26 bits per heavy atom. The second kappa shape index (κ2) is 4.60. The van der Waals surface area contributed by atoms with Gasteiger partial charge in [0.1, 0.15) is 11.5 Å². The van der Waals surface area contributed by atoms with E-state index < -0.39 is 0 Å². The maximum absolute atomic E-state index is 6.35. The van der Waals surface area contributed by atoms with E-state index in [4.69, 9.17) is 9.72 Å². The average Bonchev–Trinajstić information content (AvgIpc) is 2.74. The van der Waals surface area contributed by atoms with Crippen molar-refractivity contribution >= 4 is 29.1 Å². The van der Waals surface area contributed by atoms with Crippen molar-refractivity contribution in [1.29, 1.82) is 0 Å². The number of aromatic nitrogens is 1. The lowest BCUT2D eigenvalue weighted by Crippen LogP contribution is -2.62. The summed E-state index contributed by atoms with van der Waals surface area (Å²) in [6.45, 7) is 0.0912. The van der Waals surface area contributed by atoms with Crippen LogP contribution in [0.5, 0.6) is 11.5 Å². The van der Waals surface area contributed by atoms with Crippen LogP contribution in [0.25, 0.3) is 22.4 Å². The van der Waals surface area contributed by atoms with Crippen LogP contribution < -0.4 is 20.5 Å². The monoisotopic (exact) mass is 344 g/mol. The first-order chi connectivity index (χ1) is 13.4. The Labute approximate surface area is 157 Å². The molecule has 0 unspecified atom stereocenters. The van der Waals surface area contributed by atoms with E-state index in [-0.39, 0.29) is 6.85 Å². The molecule has 3 aliphatic heterocycles. The molecule has 0 saturated heterocycles. The third-order valence-electron chi connectivity index (χ3n) is 5.91. The lowest BCUT2D eigenvalue weighted by atomic mass is 9.42. The van der Waals surface area contributed by atoms with Gasteiger partial charge in [-0.3, -0.25) is 4.98 Å². The van der Waals surface area contributed by atoms with Crippen molar-refractivity contribution in [3.05, 3.63) is 79.0 Å². The molecule has 124 valence electrons. The van der Waals surface area contributed by atoms with Crippen LogP contribution >= 0.6 is 0 Å². The zero-order chi connectivity index (χ0) is 17.5. The van der Waals surface area contributed by atoms with Crippen LogP contribution in [0.3, 0.4) is 0 Å². The van der Waals surface area contributed by atoms with Crippen molar-refractivity contribution in [1.82, 2.24) is 4.98 Å². The van der Waals surface area contributed by atoms with Gasteiger partial charge in [-0.2, -0.15) is 0 Å². The molecule has 0 atom stereocenters. The van der Waals surface area contributed by atoms with Crippen molar-refractivity contribution in [2.24, 2.45) is 0 Å². The zero-order valence-electron chi connectivity index (χ0n) is 14.4. The molecule has 0 N–H and O–H groups in total. The average molecular weight is 344 g/mol. The summed E-state index contributed by atoms with van der Waals surface area (Å²) in [4.78, 5) is 7.23. The lowest BCUT2D eigenvalue weighted by molar-refractivity contribution is 0.486. The third-order valence-corrected chi connectivity index (χ3v) is 5.91. The largest absolute Gasteiger partial charge is 0.458 e. The van der Waals surface area contributed by atoms with Crippen LogP contribution in [0.4, 0.5) is 11.4 Å². The molecule has 0 fully saturated rings. The van der Waals surface area contributed by atoms with E-state index in [1.807, 2.05) is 12.3 Å². The van der Waals surface area contributed by atoms with Gasteiger partial charge in [-0.1, -0.05) is 48.5 Å². The van der Waals surface area contributed by atoms with Crippen LogP contribution in [0.2, 0.25) is 0 Å². The first-order valence-electron chi connectivity index (χ1n) is 9.19. The van der Waals surface area contributed by atoms with E-state index in [1.54, 1.807) is 0 Å². The first kappa shape index (κ1) is 13.6. The second-order valence-electron chi connectivity index (χ2n) is 7.20. The summed E-state index contributed by atoms with van der Waals surface area (Å²) in [5.41, 5.74) is 9.55. The predicted octanol–water partition coefficient (Wildman–Crippen LogP) is 4.09. The Hall–Kier alpha value is -3.53. The quantitative estimate of drug-likeness (QED) is 0.449. The number of hydrogen-bond donors (Lipinski definition) is 0. The molecule has 3 aliphatic rings. The van der Waals surface area contributed by atoms with Crippen molar-refractivity contribution in [2.75, 3.05) is 4.81 Å². The smallest absolute Gasteiger partial charge is 0.338 e. The Balaban J connectivity index is 1.70. The first-order valence-corrected chi connectivity index (χ1v) is 9.19. The standard InChI is InChI=1S/C23H13BN2O/c1-3-9-17-14(6-1)15-8-5-11-19-21(15)24-22-20(27-19)12-13-25-23(22)16-7-2-4-10-18(16)26(17)24/h1-13H. The highest BCUT2D eigenvalue weighted by atomic mass is 16.5. The van der Waals surface area contributed by atoms with Crippen LogP contribution in [0.1, 0.15) is 0 Å². The minimum absolute atomic E-state index is 0.0912. The van der Waals surface area contributed by atoms with Crippen LogP contribution in [-0.4, -0.2) is 11.8 Å². The molecule has 3 nitrogen and oxygen atoms in total. The van der Waals surface area contributed by atoms with E-state index in [9.17, 15) is 0 Å². The predicted molar refractivity (Wildman–Crippen MR) is 109 cm³/mol. The number of ether oxygens (including phenoxy) is 1. The molecular formula is C23H13BN2O. The number of anilines is 2. The molecule has 7 rings (SSSR count). The molecule has 27 heavy (non-hydrogen) atoms. The summed E-state index contributed by atoms with van der Waals surface area (Å²) in [5, 5.41) is 0. The highest BCUT2D eigenvalue weighted by Gasteiger charge is 2.48. The Bertz CT molecular complexity index is 1190. The maximum Gasteiger partial charge on any atom is 0.338 e. The van der Waals surface area contributed by atoms with Crippen LogP contribution in [-0.2, 0) is 0 Å². The topological polar surface area (TPSA) is 25.4 Å². The van der Waals surface area contributed by atoms with Crippen molar-refractivity contribution in [3.63, 3.8) is 0 Å². The van der Waals surface area contributed by atoms with E-state index in [1.165, 1.54) is 33.4 Å². The van der Waals surface area contributed by atoms with E-state index in [0.717, 1.165) is 22.8 Å². The number of fused-ring (bicyclic) bond motifs is 6. The van der Waals surface area contributed by atoms with Crippen molar-refractivity contribution < 1.29 is 4.74 Å². The molecule has 4 heteroatoms. The van der Waals surface area contributed by atoms with Crippen molar-refractivity contribution in [3.8, 4) is 33.9 Å². The van der Waals surface area contributed by atoms with Gasteiger partial charge in [-0.25, -0.2) is 0 Å². The highest BCUT2D eigenvalue weighted by molar-refractivity contribution is 6.94. The highest BCUT2D eigenvalue weighted by Crippen LogP contribution is 2.48. The summed E-state index contributed by atoms with van der Waals surface area (Å²) in [5.74, 6) is 1.86. The minimum Gasteiger partial charge on any atom is -0.458 e. The number of para-hydroxylation sites is 2. The van der Waals surface area contributed by atoms with Crippen LogP contribution in [0.15, 0.2) is 79.0 Å². The van der Waals surface area contributed by atoms with Gasteiger partial charge in [0.25, 0.3) is 0 Å². The van der Waals surface area contributed by atoms with E-state index in [2.05, 4.69) is 71.5 Å². The van der Waals surface area contributed by atoms with Gasteiger partial charge in [0, 0.05) is 39.6 Å². The number of pyridine rings is 1. The number of rotatable bonds is 0. The Morgan fingerprint density at radius 1 is 0.667 bits per heavy atom. The SMILES string of the molecule is c1ccc2c(c1)-c1cccc3c1B1c4c(ccnc4-c4ccccc4N12)O3. The normalized spacial score (nSPS) is 14.1. The van der Waals surface area contributed by atoms with E-state index >= 15 is 0 Å². The fourth-order valence-corrected chi connectivity index (χ4v) is 4.90. The summed E-state index contributed by atoms with van der Waals surface area (Å²) in [6, 6.07) is 25.6. The van der Waals surface area contributed by atoms with Gasteiger partial charge < -0.3 is 9.55 Å².